The molecule has 7 nitrogen and oxygen atoms in total. The van der Waals surface area contributed by atoms with Crippen molar-refractivity contribution in [2.75, 3.05) is 17.4 Å². The Morgan fingerprint density at radius 1 is 0.864 bits per heavy atom. The molecule has 4 aromatic carbocycles. The van der Waals surface area contributed by atoms with E-state index >= 15 is 0 Å². The van der Waals surface area contributed by atoms with Crippen molar-refractivity contribution < 1.29 is 18.0 Å². The Balaban J connectivity index is 1.79. The smallest absolute Gasteiger partial charge is 0.264 e. The fourth-order valence-electron chi connectivity index (χ4n) is 4.91. The van der Waals surface area contributed by atoms with Gasteiger partial charge in [0.05, 0.1) is 10.6 Å². The number of amides is 2. The van der Waals surface area contributed by atoms with Gasteiger partial charge in [-0.15, -0.1) is 0 Å². The van der Waals surface area contributed by atoms with E-state index in [4.69, 9.17) is 0 Å². The van der Waals surface area contributed by atoms with E-state index in [1.54, 1.807) is 42.5 Å². The first-order valence-electron chi connectivity index (χ1n) is 14.7. The molecule has 0 spiro atoms. The maximum absolute atomic E-state index is 14.5. The normalized spacial score (nSPS) is 11.9. The first-order valence-corrected chi connectivity index (χ1v) is 16.9. The van der Waals surface area contributed by atoms with Crippen LogP contribution in [0.4, 0.5) is 5.69 Å². The summed E-state index contributed by atoms with van der Waals surface area (Å²) in [4.78, 5) is 29.9. The lowest BCUT2D eigenvalue weighted by Crippen LogP contribution is -2.53. The van der Waals surface area contributed by atoms with Gasteiger partial charge in [-0.2, -0.15) is 0 Å². The molecule has 1 N–H and O–H groups in total. The third kappa shape index (κ3) is 8.57. The summed E-state index contributed by atoms with van der Waals surface area (Å²) < 4.78 is 29.9. The molecule has 0 saturated heterocycles. The van der Waals surface area contributed by atoms with Crippen LogP contribution in [0.1, 0.15) is 36.5 Å². The van der Waals surface area contributed by atoms with Gasteiger partial charge in [-0.1, -0.05) is 108 Å². The molecule has 0 bridgehead atoms. The number of sulfonamides is 1. The van der Waals surface area contributed by atoms with E-state index in [1.165, 1.54) is 17.0 Å². The molecule has 1 atom stereocenters. The third-order valence-electron chi connectivity index (χ3n) is 7.41. The van der Waals surface area contributed by atoms with Gasteiger partial charge < -0.3 is 10.2 Å². The van der Waals surface area contributed by atoms with Crippen LogP contribution in [0.2, 0.25) is 0 Å². The summed E-state index contributed by atoms with van der Waals surface area (Å²) in [6, 6.07) is 31.3. The zero-order chi connectivity index (χ0) is 31.5. The number of carbonyl (C=O) groups is 2. The average molecular weight is 677 g/mol. The molecule has 4 aromatic rings. The highest BCUT2D eigenvalue weighted by Gasteiger charge is 2.34. The topological polar surface area (TPSA) is 86.8 Å². The number of halogens is 1. The third-order valence-corrected chi connectivity index (χ3v) is 9.69. The van der Waals surface area contributed by atoms with E-state index in [1.807, 2.05) is 68.4 Å². The van der Waals surface area contributed by atoms with Crippen molar-refractivity contribution in [1.29, 1.82) is 0 Å². The fourth-order valence-corrected chi connectivity index (χ4v) is 6.73. The van der Waals surface area contributed by atoms with Crippen LogP contribution in [0, 0.1) is 6.92 Å². The zero-order valence-electron chi connectivity index (χ0n) is 25.0. The number of anilines is 1. The summed E-state index contributed by atoms with van der Waals surface area (Å²) in [7, 11) is -4.14. The quantitative estimate of drug-likeness (QED) is 0.154. The Bertz CT molecular complexity index is 1650. The molecule has 230 valence electrons. The van der Waals surface area contributed by atoms with Crippen LogP contribution in [0.3, 0.4) is 0 Å². The van der Waals surface area contributed by atoms with Crippen LogP contribution in [0.25, 0.3) is 0 Å². The van der Waals surface area contributed by atoms with Gasteiger partial charge in [-0.3, -0.25) is 13.9 Å². The van der Waals surface area contributed by atoms with Gasteiger partial charge in [0.2, 0.25) is 11.8 Å². The number of benzene rings is 4. The van der Waals surface area contributed by atoms with Crippen LogP contribution >= 0.6 is 15.9 Å². The molecule has 0 unspecified atom stereocenters. The molecule has 2 amide bonds. The highest BCUT2D eigenvalue weighted by atomic mass is 79.9. The molecular weight excluding hydrogens is 638 g/mol. The number of nitrogens with zero attached hydrogens (tertiary/aromatic N) is 2. The molecule has 4 rings (SSSR count). The predicted octanol–water partition coefficient (Wildman–Crippen LogP) is 6.51. The molecular formula is C35H38BrN3O4S. The van der Waals surface area contributed by atoms with E-state index in [2.05, 4.69) is 21.2 Å². The number of hydrogen-bond donors (Lipinski definition) is 1. The maximum atomic E-state index is 14.5. The van der Waals surface area contributed by atoms with E-state index in [0.717, 1.165) is 33.8 Å². The van der Waals surface area contributed by atoms with E-state index in [9.17, 15) is 18.0 Å². The van der Waals surface area contributed by atoms with Gasteiger partial charge in [0.1, 0.15) is 12.6 Å². The average Bonchev–Trinajstić information content (AvgIpc) is 3.03. The van der Waals surface area contributed by atoms with Gasteiger partial charge in [0, 0.05) is 24.0 Å². The summed E-state index contributed by atoms with van der Waals surface area (Å²) in [6.45, 7) is 4.14. The number of unbranched alkanes of at least 4 members (excludes halogenated alkanes) is 1. The summed E-state index contributed by atoms with van der Waals surface area (Å²) in [5.41, 5.74) is 3.07. The summed E-state index contributed by atoms with van der Waals surface area (Å²) in [6.07, 6.45) is 1.99. The van der Waals surface area contributed by atoms with Crippen LogP contribution < -0.4 is 9.62 Å². The second kappa shape index (κ2) is 15.7. The first kappa shape index (κ1) is 33.0. The van der Waals surface area contributed by atoms with Crippen molar-refractivity contribution in [3.63, 3.8) is 0 Å². The minimum absolute atomic E-state index is 0.0661. The molecule has 0 heterocycles. The maximum Gasteiger partial charge on any atom is 0.264 e. The van der Waals surface area contributed by atoms with Gasteiger partial charge in [-0.05, 0) is 60.4 Å². The van der Waals surface area contributed by atoms with Crippen molar-refractivity contribution in [2.45, 2.75) is 50.6 Å². The Morgan fingerprint density at radius 2 is 1.52 bits per heavy atom. The lowest BCUT2D eigenvalue weighted by Gasteiger charge is -2.34. The molecule has 0 aliphatic carbocycles. The number of rotatable bonds is 14. The number of aryl methyl sites for hydroxylation is 1. The van der Waals surface area contributed by atoms with Crippen molar-refractivity contribution >= 4 is 43.5 Å². The zero-order valence-corrected chi connectivity index (χ0v) is 27.4. The molecule has 0 radical (unpaired) electrons. The lowest BCUT2D eigenvalue weighted by atomic mass is 10.0. The minimum Gasteiger partial charge on any atom is -0.354 e. The van der Waals surface area contributed by atoms with Gasteiger partial charge in [0.15, 0.2) is 0 Å². The number of carbonyl (C=O) groups excluding carboxylic acids is 2. The highest BCUT2D eigenvalue weighted by molar-refractivity contribution is 9.10. The van der Waals surface area contributed by atoms with Gasteiger partial charge in [-0.25, -0.2) is 8.42 Å². The van der Waals surface area contributed by atoms with Gasteiger partial charge >= 0.3 is 0 Å². The summed E-state index contributed by atoms with van der Waals surface area (Å²) in [5.74, 6) is -0.761. The molecule has 0 aliphatic heterocycles. The van der Waals surface area contributed by atoms with Crippen molar-refractivity contribution in [2.24, 2.45) is 0 Å². The Kier molecular flexibility index (Phi) is 11.7. The van der Waals surface area contributed by atoms with Crippen LogP contribution in [0.15, 0.2) is 119 Å². The fraction of sp³-hybridized carbons (Fsp3) is 0.257. The molecule has 0 fully saturated rings. The molecule has 0 saturated carbocycles. The monoisotopic (exact) mass is 675 g/mol. The summed E-state index contributed by atoms with van der Waals surface area (Å²) in [5, 5.41) is 3.02. The summed E-state index contributed by atoms with van der Waals surface area (Å²) >= 11 is 3.44. The van der Waals surface area contributed by atoms with Crippen molar-refractivity contribution in [1.82, 2.24) is 10.2 Å². The Morgan fingerprint density at radius 3 is 2.18 bits per heavy atom. The van der Waals surface area contributed by atoms with E-state index in [0.29, 0.717) is 16.7 Å². The van der Waals surface area contributed by atoms with Crippen LogP contribution in [-0.4, -0.2) is 44.3 Å². The SMILES string of the molecule is CCCCNC(=O)[C@H](Cc1ccccc1)N(Cc1ccccc1C)C(=O)CN(c1cccc(Br)c1)S(=O)(=O)c1ccccc1. The van der Waals surface area contributed by atoms with E-state index < -0.39 is 28.5 Å². The largest absolute Gasteiger partial charge is 0.354 e. The second-order valence-corrected chi connectivity index (χ2v) is 13.4. The number of hydrogen-bond acceptors (Lipinski definition) is 4. The van der Waals surface area contributed by atoms with Crippen LogP contribution in [-0.2, 0) is 32.6 Å². The Labute approximate surface area is 269 Å². The first-order chi connectivity index (χ1) is 21.2. The standard InChI is InChI=1S/C35H38BrN3O4S/c1-3-4-22-37-35(41)33(23-28-15-7-5-8-16-28)38(25-29-17-12-11-14-27(29)2)34(40)26-39(31-19-13-18-30(36)24-31)44(42,43)32-20-9-6-10-21-32/h5-21,24,33H,3-4,22-23,25-26H2,1-2H3,(H,37,41)/t33-/m0/s1. The number of nitrogens with one attached hydrogen (secondary N) is 1. The minimum atomic E-state index is -4.14. The molecule has 44 heavy (non-hydrogen) atoms. The van der Waals surface area contributed by atoms with E-state index in [-0.39, 0.29) is 23.8 Å². The second-order valence-electron chi connectivity index (χ2n) is 10.6. The van der Waals surface area contributed by atoms with Crippen LogP contribution in [0.5, 0.6) is 0 Å². The highest BCUT2D eigenvalue weighted by Crippen LogP contribution is 2.27. The predicted molar refractivity (Wildman–Crippen MR) is 179 cm³/mol. The molecule has 0 aromatic heterocycles. The Hall–Kier alpha value is -3.95. The van der Waals surface area contributed by atoms with Crippen molar-refractivity contribution in [3.8, 4) is 0 Å². The van der Waals surface area contributed by atoms with Gasteiger partial charge in [0.25, 0.3) is 10.0 Å². The lowest BCUT2D eigenvalue weighted by molar-refractivity contribution is -0.140. The van der Waals surface area contributed by atoms with Crippen molar-refractivity contribution in [3.05, 3.63) is 130 Å². The molecule has 9 heteroatoms. The molecule has 0 aliphatic rings.